The highest BCUT2D eigenvalue weighted by Crippen LogP contribution is 2.45. The number of nitrogens with one attached hydrogen (secondary N) is 1. The van der Waals surface area contributed by atoms with Crippen molar-refractivity contribution in [3.63, 3.8) is 0 Å². The van der Waals surface area contributed by atoms with Gasteiger partial charge in [0.2, 0.25) is 0 Å². The van der Waals surface area contributed by atoms with Crippen LogP contribution in [0.25, 0.3) is 11.1 Å². The summed E-state index contributed by atoms with van der Waals surface area (Å²) >= 11 is 12.7. The Morgan fingerprint density at radius 3 is 2.59 bits per heavy atom. The highest BCUT2D eigenvalue weighted by atomic mass is 35.5. The van der Waals surface area contributed by atoms with Gasteiger partial charge in [0.25, 0.3) is 0 Å². The fourth-order valence-corrected chi connectivity index (χ4v) is 3.36. The normalized spacial score (nSPS) is 16.7. The fraction of sp³-hybridized carbons (Fsp3) is 0.250. The number of aryl methyl sites for hydroxylation is 1. The Labute approximate surface area is 138 Å². The van der Waals surface area contributed by atoms with Crippen LogP contribution in [0.15, 0.2) is 24.3 Å². The number of hydrogen-bond donors (Lipinski definition) is 2. The first kappa shape index (κ1) is 15.4. The first-order valence-electron chi connectivity index (χ1n) is 6.89. The van der Waals surface area contributed by atoms with Crippen molar-refractivity contribution in [3.8, 4) is 16.9 Å². The van der Waals surface area contributed by atoms with Crippen molar-refractivity contribution in [2.45, 2.75) is 13.0 Å². The molecule has 2 aromatic rings. The molecule has 0 saturated carbocycles. The number of ether oxygens (including phenoxy) is 1. The van der Waals surface area contributed by atoms with Crippen LogP contribution in [-0.4, -0.2) is 19.2 Å². The monoisotopic (exact) mass is 340 g/mol. The Bertz CT molecular complexity index is 713. The van der Waals surface area contributed by atoms with E-state index in [0.717, 1.165) is 5.56 Å². The van der Waals surface area contributed by atoms with Crippen LogP contribution < -0.4 is 15.8 Å². The summed E-state index contributed by atoms with van der Waals surface area (Å²) in [6.45, 7) is 2.78. The summed E-state index contributed by atoms with van der Waals surface area (Å²) in [4.78, 5) is 0. The molecular formula is C16H15Cl2FN2O. The highest BCUT2D eigenvalue weighted by molar-refractivity contribution is 6.39. The molecule has 1 aliphatic rings. The third-order valence-corrected chi connectivity index (χ3v) is 4.17. The van der Waals surface area contributed by atoms with E-state index in [9.17, 15) is 4.39 Å². The SMILES string of the molecule is Cc1cc(Cl)c(-c2cc(F)cc3c2OC(CN)CN3)c(Cl)c1. The molecule has 0 saturated heterocycles. The number of anilines is 1. The van der Waals surface area contributed by atoms with Gasteiger partial charge in [-0.3, -0.25) is 0 Å². The Balaban J connectivity index is 2.22. The van der Waals surface area contributed by atoms with Gasteiger partial charge in [0.15, 0.2) is 5.75 Å². The number of fused-ring (bicyclic) bond motifs is 1. The van der Waals surface area contributed by atoms with Crippen molar-refractivity contribution in [1.29, 1.82) is 0 Å². The van der Waals surface area contributed by atoms with Gasteiger partial charge in [0.1, 0.15) is 11.9 Å². The summed E-state index contributed by atoms with van der Waals surface area (Å²) in [7, 11) is 0. The van der Waals surface area contributed by atoms with Crippen LogP contribution in [0.4, 0.5) is 10.1 Å². The number of rotatable bonds is 2. The number of benzene rings is 2. The lowest BCUT2D eigenvalue weighted by atomic mass is 10.0. The molecular weight excluding hydrogens is 326 g/mol. The van der Waals surface area contributed by atoms with Crippen LogP contribution in [0.3, 0.4) is 0 Å². The summed E-state index contributed by atoms with van der Waals surface area (Å²) in [5, 5.41) is 4.04. The Morgan fingerprint density at radius 2 is 1.95 bits per heavy atom. The lowest BCUT2D eigenvalue weighted by Crippen LogP contribution is -2.37. The van der Waals surface area contributed by atoms with Gasteiger partial charge >= 0.3 is 0 Å². The van der Waals surface area contributed by atoms with Crippen LogP contribution in [0.1, 0.15) is 5.56 Å². The zero-order chi connectivity index (χ0) is 15.9. The second kappa shape index (κ2) is 5.95. The average Bonchev–Trinajstić information content (AvgIpc) is 2.45. The summed E-state index contributed by atoms with van der Waals surface area (Å²) < 4.78 is 19.8. The summed E-state index contributed by atoms with van der Waals surface area (Å²) in [6, 6.07) is 6.34. The van der Waals surface area contributed by atoms with Gasteiger partial charge in [0, 0.05) is 23.7 Å². The zero-order valence-corrected chi connectivity index (χ0v) is 13.4. The van der Waals surface area contributed by atoms with E-state index < -0.39 is 0 Å². The van der Waals surface area contributed by atoms with Crippen molar-refractivity contribution in [2.24, 2.45) is 5.73 Å². The average molecular weight is 341 g/mol. The minimum absolute atomic E-state index is 0.181. The fourth-order valence-electron chi connectivity index (χ4n) is 2.56. The lowest BCUT2D eigenvalue weighted by molar-refractivity contribution is 0.215. The molecule has 22 heavy (non-hydrogen) atoms. The minimum atomic E-state index is -0.385. The molecule has 1 heterocycles. The summed E-state index contributed by atoms with van der Waals surface area (Å²) in [5.41, 5.74) is 8.26. The second-order valence-corrected chi connectivity index (χ2v) is 6.10. The number of nitrogens with two attached hydrogens (primary N) is 1. The molecule has 1 unspecified atom stereocenters. The summed E-state index contributed by atoms with van der Waals surface area (Å²) in [6.07, 6.45) is -0.181. The van der Waals surface area contributed by atoms with Crippen LogP contribution in [0.2, 0.25) is 10.0 Å². The smallest absolute Gasteiger partial charge is 0.151 e. The third-order valence-electron chi connectivity index (χ3n) is 3.58. The van der Waals surface area contributed by atoms with Gasteiger partial charge in [-0.2, -0.15) is 0 Å². The van der Waals surface area contributed by atoms with E-state index in [-0.39, 0.29) is 11.9 Å². The molecule has 0 spiro atoms. The van der Waals surface area contributed by atoms with Crippen molar-refractivity contribution < 1.29 is 9.13 Å². The molecule has 1 aliphatic heterocycles. The molecule has 0 bridgehead atoms. The highest BCUT2D eigenvalue weighted by Gasteiger charge is 2.25. The van der Waals surface area contributed by atoms with Gasteiger partial charge in [-0.1, -0.05) is 23.2 Å². The van der Waals surface area contributed by atoms with E-state index in [4.69, 9.17) is 33.7 Å². The molecule has 0 radical (unpaired) electrons. The Morgan fingerprint density at radius 1 is 1.27 bits per heavy atom. The first-order chi connectivity index (χ1) is 10.5. The van der Waals surface area contributed by atoms with E-state index in [1.54, 1.807) is 12.1 Å². The molecule has 3 nitrogen and oxygen atoms in total. The Hall–Kier alpha value is -1.49. The molecule has 116 valence electrons. The van der Waals surface area contributed by atoms with Gasteiger partial charge in [0.05, 0.1) is 22.3 Å². The van der Waals surface area contributed by atoms with Crippen LogP contribution in [-0.2, 0) is 0 Å². The first-order valence-corrected chi connectivity index (χ1v) is 7.65. The lowest BCUT2D eigenvalue weighted by Gasteiger charge is -2.29. The van der Waals surface area contributed by atoms with Crippen molar-refractivity contribution >= 4 is 28.9 Å². The molecule has 0 aliphatic carbocycles. The van der Waals surface area contributed by atoms with Crippen molar-refractivity contribution in [1.82, 2.24) is 0 Å². The minimum Gasteiger partial charge on any atom is -0.484 e. The number of hydrogen-bond acceptors (Lipinski definition) is 3. The van der Waals surface area contributed by atoms with Gasteiger partial charge < -0.3 is 15.8 Å². The molecule has 1 atom stereocenters. The molecule has 6 heteroatoms. The van der Waals surface area contributed by atoms with Gasteiger partial charge in [-0.15, -0.1) is 0 Å². The number of halogens is 3. The maximum atomic E-state index is 14.0. The van der Waals surface area contributed by atoms with E-state index >= 15 is 0 Å². The second-order valence-electron chi connectivity index (χ2n) is 5.29. The van der Waals surface area contributed by atoms with Crippen molar-refractivity contribution in [3.05, 3.63) is 45.7 Å². The van der Waals surface area contributed by atoms with Gasteiger partial charge in [-0.25, -0.2) is 4.39 Å². The standard InChI is InChI=1S/C16H15Cl2FN2O/c1-8-2-12(17)15(13(18)3-8)11-4-9(19)5-14-16(11)22-10(6-20)7-21-14/h2-5,10,21H,6-7,20H2,1H3. The molecule has 3 N–H and O–H groups in total. The van der Waals surface area contributed by atoms with E-state index in [1.165, 1.54) is 12.1 Å². The maximum absolute atomic E-state index is 14.0. The topological polar surface area (TPSA) is 47.3 Å². The van der Waals surface area contributed by atoms with E-state index in [2.05, 4.69) is 5.32 Å². The molecule has 3 rings (SSSR count). The maximum Gasteiger partial charge on any atom is 0.151 e. The summed E-state index contributed by atoms with van der Waals surface area (Å²) in [5.74, 6) is 0.138. The molecule has 0 aromatic heterocycles. The van der Waals surface area contributed by atoms with Crippen LogP contribution in [0, 0.1) is 12.7 Å². The largest absolute Gasteiger partial charge is 0.484 e. The van der Waals surface area contributed by atoms with E-state index in [0.29, 0.717) is 45.7 Å². The van der Waals surface area contributed by atoms with Crippen LogP contribution in [0.5, 0.6) is 5.75 Å². The predicted octanol–water partition coefficient (Wildman–Crippen LogP) is 4.24. The third kappa shape index (κ3) is 2.74. The molecule has 2 aromatic carbocycles. The molecule has 0 amide bonds. The van der Waals surface area contributed by atoms with E-state index in [1.807, 2.05) is 6.92 Å². The zero-order valence-electron chi connectivity index (χ0n) is 11.9. The quantitative estimate of drug-likeness (QED) is 0.859. The van der Waals surface area contributed by atoms with Crippen LogP contribution >= 0.6 is 23.2 Å². The van der Waals surface area contributed by atoms with Gasteiger partial charge in [-0.05, 0) is 30.7 Å². The van der Waals surface area contributed by atoms with Crippen molar-refractivity contribution in [2.75, 3.05) is 18.4 Å². The predicted molar refractivity (Wildman–Crippen MR) is 88.6 cm³/mol. The Kier molecular flexibility index (Phi) is 4.17. The molecule has 0 fully saturated rings.